The number of aryl methyl sites for hydroxylation is 3. The van der Waals surface area contributed by atoms with Gasteiger partial charge in [-0.3, -0.25) is 14.7 Å². The maximum absolute atomic E-state index is 11.4. The van der Waals surface area contributed by atoms with Crippen LogP contribution in [-0.2, 0) is 7.05 Å². The van der Waals surface area contributed by atoms with Crippen LogP contribution in [-0.4, -0.2) is 26.3 Å². The smallest absolute Gasteiger partial charge is 0.291 e. The summed E-state index contributed by atoms with van der Waals surface area (Å²) >= 11 is 0. The van der Waals surface area contributed by atoms with Crippen molar-refractivity contribution in [2.45, 2.75) is 13.8 Å². The van der Waals surface area contributed by atoms with E-state index in [1.165, 1.54) is 4.68 Å². The average molecular weight is 248 g/mol. The number of azo groups is 1. The number of nitrogens with zero attached hydrogens (tertiary/aromatic N) is 4. The van der Waals surface area contributed by atoms with Crippen LogP contribution in [0, 0.1) is 13.8 Å². The highest BCUT2D eigenvalue weighted by molar-refractivity contribution is 5.83. The fraction of sp³-hybridized carbons (Fsp3) is 0.300. The molecule has 8 nitrogen and oxygen atoms in total. The van der Waals surface area contributed by atoms with Gasteiger partial charge in [0.2, 0.25) is 0 Å². The largest absolute Gasteiger partial charge is 0.300 e. The van der Waals surface area contributed by atoms with Crippen molar-refractivity contribution < 1.29 is 4.79 Å². The molecular weight excluding hydrogens is 236 g/mol. The first kappa shape index (κ1) is 12.0. The predicted molar refractivity (Wildman–Crippen MR) is 63.7 cm³/mol. The van der Waals surface area contributed by atoms with Crippen molar-refractivity contribution in [3.63, 3.8) is 0 Å². The predicted octanol–water partition coefficient (Wildman–Crippen LogP) is 1.28. The Balaban J connectivity index is 2.47. The van der Waals surface area contributed by atoms with Gasteiger partial charge in [-0.1, -0.05) is 0 Å². The molecule has 0 radical (unpaired) electrons. The molecule has 0 saturated carbocycles. The minimum Gasteiger partial charge on any atom is -0.300 e. The molecule has 2 heterocycles. The number of aldehydes is 1. The fourth-order valence-electron chi connectivity index (χ4n) is 1.58. The Morgan fingerprint density at radius 3 is 2.56 bits per heavy atom. The van der Waals surface area contributed by atoms with E-state index in [0.717, 1.165) is 0 Å². The molecule has 2 rings (SSSR count). The Morgan fingerprint density at radius 2 is 2.00 bits per heavy atom. The number of carbonyl (C=O) groups is 1. The van der Waals surface area contributed by atoms with Gasteiger partial charge in [-0.2, -0.15) is 5.10 Å². The van der Waals surface area contributed by atoms with E-state index in [4.69, 9.17) is 0 Å². The molecule has 0 aliphatic heterocycles. The molecule has 94 valence electrons. The van der Waals surface area contributed by atoms with E-state index in [0.29, 0.717) is 29.1 Å². The summed E-state index contributed by atoms with van der Waals surface area (Å²) in [5.74, 6) is 0.322. The Morgan fingerprint density at radius 1 is 1.28 bits per heavy atom. The summed E-state index contributed by atoms with van der Waals surface area (Å²) < 4.78 is 1.44. The van der Waals surface area contributed by atoms with Crippen molar-refractivity contribution in [1.82, 2.24) is 20.0 Å². The summed E-state index contributed by atoms with van der Waals surface area (Å²) in [4.78, 5) is 22.3. The third-order valence-electron chi connectivity index (χ3n) is 2.53. The zero-order valence-electron chi connectivity index (χ0n) is 10.2. The van der Waals surface area contributed by atoms with Gasteiger partial charge in [0, 0.05) is 7.05 Å². The molecule has 0 spiro atoms. The van der Waals surface area contributed by atoms with Gasteiger partial charge in [-0.05, 0) is 13.8 Å². The molecule has 0 fully saturated rings. The van der Waals surface area contributed by atoms with Crippen molar-refractivity contribution in [1.29, 1.82) is 0 Å². The molecule has 0 aliphatic rings. The number of hydrogen-bond acceptors (Lipinski definition) is 5. The van der Waals surface area contributed by atoms with Crippen LogP contribution in [0.4, 0.5) is 11.5 Å². The topological polar surface area (TPSA) is 108 Å². The van der Waals surface area contributed by atoms with Gasteiger partial charge in [-0.15, -0.1) is 10.2 Å². The number of carbonyl (C=O) groups excluding carboxylic acids is 1. The summed E-state index contributed by atoms with van der Waals surface area (Å²) in [6.45, 7) is 3.40. The van der Waals surface area contributed by atoms with E-state index in [2.05, 4.69) is 25.5 Å². The van der Waals surface area contributed by atoms with E-state index in [1.54, 1.807) is 20.9 Å². The van der Waals surface area contributed by atoms with Crippen molar-refractivity contribution in [2.75, 3.05) is 0 Å². The summed E-state index contributed by atoms with van der Waals surface area (Å²) in [6, 6.07) is 0. The molecule has 0 aliphatic carbocycles. The summed E-state index contributed by atoms with van der Waals surface area (Å²) in [5, 5.41) is 16.9. The van der Waals surface area contributed by atoms with E-state index in [-0.39, 0.29) is 11.2 Å². The van der Waals surface area contributed by atoms with Crippen molar-refractivity contribution in [3.8, 4) is 0 Å². The van der Waals surface area contributed by atoms with Crippen LogP contribution in [0.25, 0.3) is 0 Å². The number of hydrogen-bond donors (Lipinski definition) is 2. The van der Waals surface area contributed by atoms with Gasteiger partial charge in [0.05, 0.1) is 17.0 Å². The van der Waals surface area contributed by atoms with Gasteiger partial charge in [0.1, 0.15) is 0 Å². The Hall–Kier alpha value is -2.51. The molecule has 0 atom stereocenters. The number of aromatic amines is 2. The quantitative estimate of drug-likeness (QED) is 0.630. The van der Waals surface area contributed by atoms with E-state index in [9.17, 15) is 9.59 Å². The molecule has 0 unspecified atom stereocenters. The van der Waals surface area contributed by atoms with Crippen molar-refractivity contribution >= 4 is 17.8 Å². The molecule has 2 aromatic rings. The second kappa shape index (κ2) is 4.40. The summed E-state index contributed by atoms with van der Waals surface area (Å²) in [6.07, 6.45) is 0.672. The highest BCUT2D eigenvalue weighted by atomic mass is 16.1. The van der Waals surface area contributed by atoms with Crippen LogP contribution < -0.4 is 5.56 Å². The number of rotatable bonds is 3. The fourth-order valence-corrected chi connectivity index (χ4v) is 1.58. The molecule has 2 N–H and O–H groups in total. The Bertz CT molecular complexity index is 675. The van der Waals surface area contributed by atoms with Crippen molar-refractivity contribution in [3.05, 3.63) is 27.3 Å². The van der Waals surface area contributed by atoms with Crippen LogP contribution in [0.2, 0.25) is 0 Å². The highest BCUT2D eigenvalue weighted by Crippen LogP contribution is 2.22. The van der Waals surface area contributed by atoms with Gasteiger partial charge < -0.3 is 5.10 Å². The third kappa shape index (κ3) is 1.88. The minimum absolute atomic E-state index is 0.186. The first-order chi connectivity index (χ1) is 8.54. The van der Waals surface area contributed by atoms with Gasteiger partial charge in [0.15, 0.2) is 17.8 Å². The zero-order chi connectivity index (χ0) is 13.3. The first-order valence-corrected chi connectivity index (χ1v) is 5.22. The molecule has 18 heavy (non-hydrogen) atoms. The maximum atomic E-state index is 11.4. The minimum atomic E-state index is -0.359. The van der Waals surface area contributed by atoms with Crippen LogP contribution in [0.15, 0.2) is 15.0 Å². The molecule has 0 amide bonds. The number of aromatic nitrogens is 4. The molecular formula is C10H12N6O2. The zero-order valence-corrected chi connectivity index (χ0v) is 10.2. The van der Waals surface area contributed by atoms with Crippen LogP contribution in [0.1, 0.15) is 21.7 Å². The van der Waals surface area contributed by atoms with Gasteiger partial charge in [-0.25, -0.2) is 4.68 Å². The van der Waals surface area contributed by atoms with Crippen LogP contribution in [0.3, 0.4) is 0 Å². The second-order valence-electron chi connectivity index (χ2n) is 3.82. The van der Waals surface area contributed by atoms with Gasteiger partial charge >= 0.3 is 0 Å². The second-order valence-corrected chi connectivity index (χ2v) is 3.82. The first-order valence-electron chi connectivity index (χ1n) is 5.22. The lowest BCUT2D eigenvalue weighted by atomic mass is 10.3. The van der Waals surface area contributed by atoms with E-state index >= 15 is 0 Å². The maximum Gasteiger partial charge on any atom is 0.291 e. The normalized spacial score (nSPS) is 11.3. The number of nitrogens with one attached hydrogen (secondary N) is 2. The van der Waals surface area contributed by atoms with E-state index < -0.39 is 0 Å². The summed E-state index contributed by atoms with van der Waals surface area (Å²) in [5.41, 5.74) is 1.34. The molecule has 8 heteroatoms. The highest BCUT2D eigenvalue weighted by Gasteiger charge is 2.12. The molecule has 0 saturated heterocycles. The van der Waals surface area contributed by atoms with Crippen LogP contribution in [0.5, 0.6) is 0 Å². The van der Waals surface area contributed by atoms with Crippen LogP contribution >= 0.6 is 0 Å². The average Bonchev–Trinajstić information content (AvgIpc) is 2.77. The lowest BCUT2D eigenvalue weighted by molar-refractivity contribution is 0.112. The van der Waals surface area contributed by atoms with Gasteiger partial charge in [0.25, 0.3) is 5.56 Å². The molecule has 2 aromatic heterocycles. The SMILES string of the molecule is Cc1nn(C)c(N=Nc2c(C)[nH][nH]c2=O)c1C=O. The standard InChI is InChI=1S/C10H12N6O2/c1-5-7(4-17)9(16(3)15-5)13-12-8-6(2)11-14-10(8)18/h4H,1-3H3,(H2,11,14,18). The Labute approximate surface area is 102 Å². The van der Waals surface area contributed by atoms with E-state index in [1.807, 2.05) is 0 Å². The monoisotopic (exact) mass is 248 g/mol. The molecule has 0 bridgehead atoms. The molecule has 0 aromatic carbocycles. The summed E-state index contributed by atoms with van der Waals surface area (Å²) in [7, 11) is 1.66. The third-order valence-corrected chi connectivity index (χ3v) is 2.53. The number of H-pyrrole nitrogens is 2. The Kier molecular flexibility index (Phi) is 2.92. The lowest BCUT2D eigenvalue weighted by Gasteiger charge is -1.93. The van der Waals surface area contributed by atoms with Crippen molar-refractivity contribution in [2.24, 2.45) is 17.3 Å². The lowest BCUT2D eigenvalue weighted by Crippen LogP contribution is -1.96.